The molecule has 2 rings (SSSR count). The number of ether oxygens (including phenoxy) is 1. The minimum absolute atomic E-state index is 0.271. The molecule has 0 atom stereocenters. The SMILES string of the molecule is Cc1ncsc1CCOC(=O)c1ccccc1. The third-order valence-corrected chi connectivity index (χ3v) is 3.41. The van der Waals surface area contributed by atoms with E-state index < -0.39 is 0 Å². The zero-order valence-corrected chi connectivity index (χ0v) is 10.4. The summed E-state index contributed by atoms with van der Waals surface area (Å²) in [7, 11) is 0. The first-order chi connectivity index (χ1) is 8.27. The van der Waals surface area contributed by atoms with E-state index in [2.05, 4.69) is 4.98 Å². The van der Waals surface area contributed by atoms with E-state index in [0.29, 0.717) is 12.2 Å². The van der Waals surface area contributed by atoms with E-state index in [0.717, 1.165) is 12.1 Å². The first-order valence-electron chi connectivity index (χ1n) is 5.38. The van der Waals surface area contributed by atoms with Crippen LogP contribution in [0.5, 0.6) is 0 Å². The van der Waals surface area contributed by atoms with Crippen LogP contribution in [0.1, 0.15) is 20.9 Å². The normalized spacial score (nSPS) is 10.2. The Hall–Kier alpha value is -1.68. The van der Waals surface area contributed by atoms with Crippen LogP contribution in [0.15, 0.2) is 35.8 Å². The molecule has 4 heteroatoms. The summed E-state index contributed by atoms with van der Waals surface area (Å²) in [6.45, 7) is 2.36. The number of nitrogens with zero attached hydrogens (tertiary/aromatic N) is 1. The van der Waals surface area contributed by atoms with Crippen LogP contribution >= 0.6 is 11.3 Å². The van der Waals surface area contributed by atoms with E-state index in [9.17, 15) is 4.79 Å². The Kier molecular flexibility index (Phi) is 3.88. The molecule has 0 aliphatic heterocycles. The standard InChI is InChI=1S/C13H13NO2S/c1-10-12(17-9-14-10)7-8-16-13(15)11-5-3-2-4-6-11/h2-6,9H,7-8H2,1H3. The van der Waals surface area contributed by atoms with Crippen molar-refractivity contribution >= 4 is 17.3 Å². The van der Waals surface area contributed by atoms with Crippen LogP contribution in [0.4, 0.5) is 0 Å². The molecule has 0 aliphatic carbocycles. The van der Waals surface area contributed by atoms with Gasteiger partial charge in [0.15, 0.2) is 0 Å². The molecule has 17 heavy (non-hydrogen) atoms. The lowest BCUT2D eigenvalue weighted by Crippen LogP contribution is -2.07. The number of benzene rings is 1. The molecule has 0 radical (unpaired) electrons. The number of rotatable bonds is 4. The Morgan fingerprint density at radius 2 is 2.12 bits per heavy atom. The molecule has 1 aromatic carbocycles. The highest BCUT2D eigenvalue weighted by molar-refractivity contribution is 7.09. The fraction of sp³-hybridized carbons (Fsp3) is 0.231. The van der Waals surface area contributed by atoms with Crippen LogP contribution < -0.4 is 0 Å². The molecular weight excluding hydrogens is 234 g/mol. The summed E-state index contributed by atoms with van der Waals surface area (Å²) in [4.78, 5) is 16.9. The molecule has 0 spiro atoms. The number of hydrogen-bond acceptors (Lipinski definition) is 4. The number of aryl methyl sites for hydroxylation is 1. The van der Waals surface area contributed by atoms with Crippen molar-refractivity contribution in [1.82, 2.24) is 4.98 Å². The van der Waals surface area contributed by atoms with Gasteiger partial charge in [-0.05, 0) is 19.1 Å². The molecule has 0 bridgehead atoms. The second kappa shape index (κ2) is 5.59. The lowest BCUT2D eigenvalue weighted by molar-refractivity contribution is 0.0510. The van der Waals surface area contributed by atoms with Gasteiger partial charge in [0, 0.05) is 11.3 Å². The zero-order chi connectivity index (χ0) is 12.1. The fourth-order valence-corrected chi connectivity index (χ4v) is 2.22. The largest absolute Gasteiger partial charge is 0.462 e. The molecule has 0 unspecified atom stereocenters. The Bertz CT molecular complexity index is 493. The predicted molar refractivity (Wildman–Crippen MR) is 67.3 cm³/mol. The summed E-state index contributed by atoms with van der Waals surface area (Å²) in [6.07, 6.45) is 0.731. The van der Waals surface area contributed by atoms with Gasteiger partial charge < -0.3 is 4.74 Å². The quantitative estimate of drug-likeness (QED) is 0.780. The molecular formula is C13H13NO2S. The summed E-state index contributed by atoms with van der Waals surface area (Å²) in [5, 5.41) is 0. The van der Waals surface area contributed by atoms with Crippen LogP contribution in [0.2, 0.25) is 0 Å². The van der Waals surface area contributed by atoms with Crippen LogP contribution in [0.3, 0.4) is 0 Å². The Balaban J connectivity index is 1.84. The van der Waals surface area contributed by atoms with Gasteiger partial charge in [0.2, 0.25) is 0 Å². The van der Waals surface area contributed by atoms with Gasteiger partial charge in [0.1, 0.15) is 0 Å². The summed E-state index contributed by atoms with van der Waals surface area (Å²) in [6, 6.07) is 9.02. The predicted octanol–water partition coefficient (Wildman–Crippen LogP) is 2.85. The van der Waals surface area contributed by atoms with Crippen molar-refractivity contribution in [3.63, 3.8) is 0 Å². The first-order valence-corrected chi connectivity index (χ1v) is 6.26. The molecule has 0 fully saturated rings. The van der Waals surface area contributed by atoms with Gasteiger partial charge in [-0.25, -0.2) is 9.78 Å². The molecule has 0 saturated carbocycles. The molecule has 3 nitrogen and oxygen atoms in total. The van der Waals surface area contributed by atoms with Crippen LogP contribution in [0, 0.1) is 6.92 Å². The smallest absolute Gasteiger partial charge is 0.338 e. The average Bonchev–Trinajstić information content (AvgIpc) is 2.76. The lowest BCUT2D eigenvalue weighted by Gasteiger charge is -2.03. The molecule has 1 aromatic heterocycles. The molecule has 0 saturated heterocycles. The zero-order valence-electron chi connectivity index (χ0n) is 9.55. The third-order valence-electron chi connectivity index (χ3n) is 2.42. The van der Waals surface area contributed by atoms with E-state index in [1.54, 1.807) is 23.5 Å². The van der Waals surface area contributed by atoms with E-state index in [-0.39, 0.29) is 5.97 Å². The Labute approximate surface area is 104 Å². The van der Waals surface area contributed by atoms with Crippen molar-refractivity contribution in [1.29, 1.82) is 0 Å². The third kappa shape index (κ3) is 3.14. The van der Waals surface area contributed by atoms with E-state index in [4.69, 9.17) is 4.74 Å². The van der Waals surface area contributed by atoms with Gasteiger partial charge in [0.05, 0.1) is 23.4 Å². The number of aromatic nitrogens is 1. The van der Waals surface area contributed by atoms with Crippen LogP contribution in [-0.4, -0.2) is 17.6 Å². The second-order valence-electron chi connectivity index (χ2n) is 3.61. The summed E-state index contributed by atoms with van der Waals surface area (Å²) in [5.41, 5.74) is 3.42. The second-order valence-corrected chi connectivity index (χ2v) is 4.55. The van der Waals surface area contributed by atoms with Gasteiger partial charge >= 0.3 is 5.97 Å². The van der Waals surface area contributed by atoms with Crippen molar-refractivity contribution in [3.05, 3.63) is 52.0 Å². The number of esters is 1. The highest BCUT2D eigenvalue weighted by atomic mass is 32.1. The minimum Gasteiger partial charge on any atom is -0.462 e. The Morgan fingerprint density at radius 1 is 1.35 bits per heavy atom. The summed E-state index contributed by atoms with van der Waals surface area (Å²) >= 11 is 1.59. The molecule has 1 heterocycles. The lowest BCUT2D eigenvalue weighted by atomic mass is 10.2. The maximum atomic E-state index is 11.6. The van der Waals surface area contributed by atoms with Crippen molar-refractivity contribution in [3.8, 4) is 0 Å². The van der Waals surface area contributed by atoms with Crippen molar-refractivity contribution in [2.45, 2.75) is 13.3 Å². The van der Waals surface area contributed by atoms with E-state index in [1.807, 2.05) is 30.6 Å². The maximum absolute atomic E-state index is 11.6. The molecule has 88 valence electrons. The average molecular weight is 247 g/mol. The van der Waals surface area contributed by atoms with E-state index >= 15 is 0 Å². The molecule has 0 amide bonds. The van der Waals surface area contributed by atoms with Crippen LogP contribution in [0.25, 0.3) is 0 Å². The highest BCUT2D eigenvalue weighted by Gasteiger charge is 2.07. The van der Waals surface area contributed by atoms with Gasteiger partial charge in [-0.1, -0.05) is 18.2 Å². The summed E-state index contributed by atoms with van der Waals surface area (Å²) in [5.74, 6) is -0.271. The van der Waals surface area contributed by atoms with Crippen molar-refractivity contribution in [2.24, 2.45) is 0 Å². The molecule has 0 aliphatic rings. The van der Waals surface area contributed by atoms with Crippen molar-refractivity contribution < 1.29 is 9.53 Å². The fourth-order valence-electron chi connectivity index (χ4n) is 1.46. The monoisotopic (exact) mass is 247 g/mol. The van der Waals surface area contributed by atoms with Crippen molar-refractivity contribution in [2.75, 3.05) is 6.61 Å². The number of carbonyl (C=O) groups excluding carboxylic acids is 1. The van der Waals surface area contributed by atoms with Gasteiger partial charge in [-0.2, -0.15) is 0 Å². The van der Waals surface area contributed by atoms with Crippen LogP contribution in [-0.2, 0) is 11.2 Å². The van der Waals surface area contributed by atoms with Gasteiger partial charge in [-0.15, -0.1) is 11.3 Å². The Morgan fingerprint density at radius 3 is 2.76 bits per heavy atom. The first kappa shape index (κ1) is 11.8. The highest BCUT2D eigenvalue weighted by Crippen LogP contribution is 2.13. The number of carbonyl (C=O) groups is 1. The topological polar surface area (TPSA) is 39.2 Å². The van der Waals surface area contributed by atoms with Gasteiger partial charge in [-0.3, -0.25) is 0 Å². The molecule has 0 N–H and O–H groups in total. The molecule has 2 aromatic rings. The van der Waals surface area contributed by atoms with Gasteiger partial charge in [0.25, 0.3) is 0 Å². The summed E-state index contributed by atoms with van der Waals surface area (Å²) < 4.78 is 5.20. The number of thiazole rings is 1. The van der Waals surface area contributed by atoms with E-state index in [1.165, 1.54) is 4.88 Å². The number of hydrogen-bond donors (Lipinski definition) is 0. The minimum atomic E-state index is -0.271. The maximum Gasteiger partial charge on any atom is 0.338 e.